The van der Waals surface area contributed by atoms with Crippen LogP contribution in [0.3, 0.4) is 0 Å². The Labute approximate surface area is 137 Å². The largest absolute Gasteiger partial charge is 0.384 e. The van der Waals surface area contributed by atoms with Crippen LogP contribution in [0.2, 0.25) is 0 Å². The molecule has 5 nitrogen and oxygen atoms in total. The number of amides is 2. The highest BCUT2D eigenvalue weighted by atomic mass is 16.5. The normalized spacial score (nSPS) is 23.2. The molecule has 23 heavy (non-hydrogen) atoms. The van der Waals surface area contributed by atoms with Crippen LogP contribution in [0.15, 0.2) is 30.3 Å². The van der Waals surface area contributed by atoms with E-state index in [0.29, 0.717) is 19.1 Å². The molecule has 2 aliphatic heterocycles. The lowest BCUT2D eigenvalue weighted by molar-refractivity contribution is -0.0166. The summed E-state index contributed by atoms with van der Waals surface area (Å²) in [4.78, 5) is 14.5. The first-order valence-electron chi connectivity index (χ1n) is 8.37. The molecule has 126 valence electrons. The molecule has 5 heteroatoms. The summed E-state index contributed by atoms with van der Waals surface area (Å²) in [6.45, 7) is 4.45. The van der Waals surface area contributed by atoms with Crippen molar-refractivity contribution in [3.8, 4) is 0 Å². The van der Waals surface area contributed by atoms with Gasteiger partial charge in [-0.3, -0.25) is 0 Å². The lowest BCUT2D eigenvalue weighted by Gasteiger charge is -2.37. The number of carbonyl (C=O) groups is 1. The maximum absolute atomic E-state index is 12.5. The van der Waals surface area contributed by atoms with Crippen molar-refractivity contribution in [3.05, 3.63) is 35.9 Å². The summed E-state index contributed by atoms with van der Waals surface area (Å²) in [5, 5.41) is 3.04. The van der Waals surface area contributed by atoms with Crippen LogP contribution in [0.1, 0.15) is 18.4 Å². The SMILES string of the molecule is COCC1CN(C(=O)NCc2ccccc2)CC12CCOCC2. The summed E-state index contributed by atoms with van der Waals surface area (Å²) in [6, 6.07) is 10.0. The van der Waals surface area contributed by atoms with E-state index >= 15 is 0 Å². The van der Waals surface area contributed by atoms with Crippen LogP contribution in [0.25, 0.3) is 0 Å². The Kier molecular flexibility index (Phi) is 5.18. The minimum atomic E-state index is 0.0262. The van der Waals surface area contributed by atoms with Gasteiger partial charge < -0.3 is 19.7 Å². The van der Waals surface area contributed by atoms with Gasteiger partial charge in [-0.2, -0.15) is 0 Å². The number of ether oxygens (including phenoxy) is 2. The van der Waals surface area contributed by atoms with Gasteiger partial charge in [-0.25, -0.2) is 4.79 Å². The van der Waals surface area contributed by atoms with Crippen LogP contribution >= 0.6 is 0 Å². The van der Waals surface area contributed by atoms with Gasteiger partial charge in [-0.1, -0.05) is 30.3 Å². The highest BCUT2D eigenvalue weighted by Gasteiger charge is 2.48. The van der Waals surface area contributed by atoms with Crippen LogP contribution in [-0.2, 0) is 16.0 Å². The molecule has 2 saturated heterocycles. The number of rotatable bonds is 4. The van der Waals surface area contributed by atoms with Crippen LogP contribution < -0.4 is 5.32 Å². The third-order valence-corrected chi connectivity index (χ3v) is 5.24. The standard InChI is InChI=1S/C18H26N2O3/c1-22-13-16-12-20(14-18(16)7-9-23-10-8-18)17(21)19-11-15-5-3-2-4-6-15/h2-6,16H,7-14H2,1H3,(H,19,21). The molecule has 1 aromatic carbocycles. The van der Waals surface area contributed by atoms with Gasteiger partial charge in [0.25, 0.3) is 0 Å². The Morgan fingerprint density at radius 2 is 2.09 bits per heavy atom. The number of hydrogen-bond donors (Lipinski definition) is 1. The summed E-state index contributed by atoms with van der Waals surface area (Å²) in [7, 11) is 1.74. The van der Waals surface area contributed by atoms with Crippen molar-refractivity contribution >= 4 is 6.03 Å². The molecule has 2 heterocycles. The molecular formula is C18H26N2O3. The van der Waals surface area contributed by atoms with Crippen LogP contribution in [0, 0.1) is 11.3 Å². The Morgan fingerprint density at radius 1 is 1.35 bits per heavy atom. The molecule has 1 atom stereocenters. The summed E-state index contributed by atoms with van der Waals surface area (Å²) >= 11 is 0. The third-order valence-electron chi connectivity index (χ3n) is 5.24. The van der Waals surface area contributed by atoms with Crippen LogP contribution in [-0.4, -0.2) is 51.0 Å². The maximum atomic E-state index is 12.5. The van der Waals surface area contributed by atoms with E-state index in [1.54, 1.807) is 7.11 Å². The molecule has 1 aromatic rings. The quantitative estimate of drug-likeness (QED) is 0.926. The first-order valence-corrected chi connectivity index (χ1v) is 8.37. The van der Waals surface area contributed by atoms with Crippen molar-refractivity contribution in [1.82, 2.24) is 10.2 Å². The van der Waals surface area contributed by atoms with E-state index in [9.17, 15) is 4.79 Å². The van der Waals surface area contributed by atoms with Crippen molar-refractivity contribution in [1.29, 1.82) is 0 Å². The number of likely N-dealkylation sites (tertiary alicyclic amines) is 1. The highest BCUT2D eigenvalue weighted by Crippen LogP contribution is 2.44. The van der Waals surface area contributed by atoms with E-state index in [4.69, 9.17) is 9.47 Å². The molecule has 2 amide bonds. The highest BCUT2D eigenvalue weighted by molar-refractivity contribution is 5.74. The van der Waals surface area contributed by atoms with Gasteiger partial charge in [-0.05, 0) is 23.8 Å². The number of methoxy groups -OCH3 is 1. The molecule has 0 bridgehead atoms. The van der Waals surface area contributed by atoms with Gasteiger partial charge in [0.2, 0.25) is 0 Å². The fourth-order valence-electron chi connectivity index (χ4n) is 3.85. The maximum Gasteiger partial charge on any atom is 0.317 e. The van der Waals surface area contributed by atoms with Crippen LogP contribution in [0.5, 0.6) is 0 Å². The van der Waals surface area contributed by atoms with E-state index in [-0.39, 0.29) is 11.4 Å². The van der Waals surface area contributed by atoms with E-state index < -0.39 is 0 Å². The minimum Gasteiger partial charge on any atom is -0.384 e. The molecule has 0 saturated carbocycles. The Balaban J connectivity index is 1.60. The van der Waals surface area contributed by atoms with Crippen molar-refractivity contribution in [2.75, 3.05) is 40.0 Å². The van der Waals surface area contributed by atoms with E-state index in [1.165, 1.54) is 0 Å². The molecule has 1 N–H and O–H groups in total. The van der Waals surface area contributed by atoms with Gasteiger partial charge in [-0.15, -0.1) is 0 Å². The topological polar surface area (TPSA) is 50.8 Å². The van der Waals surface area contributed by atoms with Crippen molar-refractivity contribution in [3.63, 3.8) is 0 Å². The third kappa shape index (κ3) is 3.67. The Bertz CT molecular complexity index is 514. The summed E-state index contributed by atoms with van der Waals surface area (Å²) in [6.07, 6.45) is 2.03. The zero-order valence-corrected chi connectivity index (χ0v) is 13.8. The second-order valence-corrected chi connectivity index (χ2v) is 6.65. The summed E-state index contributed by atoms with van der Waals surface area (Å²) in [5.74, 6) is 0.402. The van der Waals surface area contributed by atoms with Gasteiger partial charge in [0.15, 0.2) is 0 Å². The lowest BCUT2D eigenvalue weighted by atomic mass is 9.72. The van der Waals surface area contributed by atoms with Crippen molar-refractivity contribution in [2.24, 2.45) is 11.3 Å². The molecule has 1 unspecified atom stereocenters. The first-order chi connectivity index (χ1) is 11.2. The molecular weight excluding hydrogens is 292 g/mol. The van der Waals surface area contributed by atoms with Crippen molar-refractivity contribution in [2.45, 2.75) is 19.4 Å². The summed E-state index contributed by atoms with van der Waals surface area (Å²) in [5.41, 5.74) is 1.28. The number of benzene rings is 1. The Hall–Kier alpha value is -1.59. The zero-order chi connectivity index (χ0) is 16.1. The molecule has 2 fully saturated rings. The number of nitrogens with one attached hydrogen (secondary N) is 1. The van der Waals surface area contributed by atoms with E-state index in [2.05, 4.69) is 5.32 Å². The molecule has 0 aliphatic carbocycles. The molecule has 3 rings (SSSR count). The Morgan fingerprint density at radius 3 is 2.78 bits per heavy atom. The predicted octanol–water partition coefficient (Wildman–Crippen LogP) is 2.27. The first kappa shape index (κ1) is 16.3. The smallest absolute Gasteiger partial charge is 0.317 e. The van der Waals surface area contributed by atoms with Gasteiger partial charge in [0.05, 0.1) is 6.61 Å². The minimum absolute atomic E-state index is 0.0262. The van der Waals surface area contributed by atoms with Gasteiger partial charge >= 0.3 is 6.03 Å². The average molecular weight is 318 g/mol. The molecule has 0 aromatic heterocycles. The van der Waals surface area contributed by atoms with Gasteiger partial charge in [0.1, 0.15) is 0 Å². The fourth-order valence-corrected chi connectivity index (χ4v) is 3.85. The zero-order valence-electron chi connectivity index (χ0n) is 13.8. The monoisotopic (exact) mass is 318 g/mol. The number of urea groups is 1. The molecule has 2 aliphatic rings. The average Bonchev–Trinajstić information content (AvgIpc) is 2.93. The second-order valence-electron chi connectivity index (χ2n) is 6.65. The molecule has 1 spiro atoms. The van der Waals surface area contributed by atoms with Crippen molar-refractivity contribution < 1.29 is 14.3 Å². The van der Waals surface area contributed by atoms with Crippen LogP contribution in [0.4, 0.5) is 4.79 Å². The summed E-state index contributed by atoms with van der Waals surface area (Å²) < 4.78 is 10.9. The van der Waals surface area contributed by atoms with E-state index in [0.717, 1.165) is 44.7 Å². The second kappa shape index (κ2) is 7.32. The van der Waals surface area contributed by atoms with E-state index in [1.807, 2.05) is 35.2 Å². The molecule has 0 radical (unpaired) electrons. The van der Waals surface area contributed by atoms with Gasteiger partial charge in [0, 0.05) is 45.9 Å². The predicted molar refractivity (Wildman–Crippen MR) is 88.1 cm³/mol. The lowest BCUT2D eigenvalue weighted by Crippen LogP contribution is -2.41. The number of nitrogens with zero attached hydrogens (tertiary/aromatic N) is 1. The number of carbonyl (C=O) groups excluding carboxylic acids is 1. The number of hydrogen-bond acceptors (Lipinski definition) is 3. The fraction of sp³-hybridized carbons (Fsp3) is 0.611.